The minimum Gasteiger partial charge on any atom is -0.438 e. The summed E-state index contributed by atoms with van der Waals surface area (Å²) in [6, 6.07) is 18.1. The fraction of sp³-hybridized carbons (Fsp3) is 0.296. The Kier molecular flexibility index (Phi) is 8.32. The molecule has 1 amide bonds. The third-order valence-electron chi connectivity index (χ3n) is 6.10. The molecular formula is C27H30N4O5S. The predicted molar refractivity (Wildman–Crippen MR) is 140 cm³/mol. The highest BCUT2D eigenvalue weighted by Gasteiger charge is 2.30. The molecule has 0 bridgehead atoms. The van der Waals surface area contributed by atoms with Gasteiger partial charge in [-0.1, -0.05) is 48.5 Å². The summed E-state index contributed by atoms with van der Waals surface area (Å²) in [4.78, 5) is 21.5. The third kappa shape index (κ3) is 7.00. The van der Waals surface area contributed by atoms with E-state index in [1.807, 2.05) is 36.4 Å². The van der Waals surface area contributed by atoms with Crippen LogP contribution in [0.15, 0.2) is 77.3 Å². The summed E-state index contributed by atoms with van der Waals surface area (Å²) < 4.78 is 31.2. The Morgan fingerprint density at radius 3 is 2.54 bits per heavy atom. The van der Waals surface area contributed by atoms with Crippen LogP contribution in [0.1, 0.15) is 35.2 Å². The molecule has 2 heterocycles. The van der Waals surface area contributed by atoms with Gasteiger partial charge in [-0.05, 0) is 49.1 Å². The van der Waals surface area contributed by atoms with E-state index in [1.165, 1.54) is 6.20 Å². The number of carbonyl (C=O) groups is 1. The number of amides is 1. The molecule has 0 aliphatic carbocycles. The van der Waals surface area contributed by atoms with Gasteiger partial charge in [0.15, 0.2) is 21.5 Å². The first-order chi connectivity index (χ1) is 17.7. The highest BCUT2D eigenvalue weighted by Crippen LogP contribution is 2.24. The van der Waals surface area contributed by atoms with Crippen LogP contribution in [0.5, 0.6) is 0 Å². The molecule has 4 aromatic rings. The Morgan fingerprint density at radius 2 is 1.81 bits per heavy atom. The average molecular weight is 523 g/mol. The number of benzene rings is 2. The van der Waals surface area contributed by atoms with Crippen molar-refractivity contribution in [2.45, 2.75) is 43.7 Å². The summed E-state index contributed by atoms with van der Waals surface area (Å²) in [6.07, 6.45) is 1.16. The Balaban J connectivity index is 1.48. The fourth-order valence-electron chi connectivity index (χ4n) is 4.04. The van der Waals surface area contributed by atoms with Crippen LogP contribution in [0.2, 0.25) is 0 Å². The number of aromatic nitrogens is 2. The molecule has 0 spiro atoms. The van der Waals surface area contributed by atoms with Crippen LogP contribution in [0.25, 0.3) is 11.1 Å². The quantitative estimate of drug-likeness (QED) is 0.272. The van der Waals surface area contributed by atoms with Gasteiger partial charge in [0, 0.05) is 6.20 Å². The number of pyridine rings is 1. The van der Waals surface area contributed by atoms with Crippen molar-refractivity contribution in [1.82, 2.24) is 15.3 Å². The molecular weight excluding hydrogens is 492 g/mol. The standard InChI is InChI=1S/C27H30N4O5S/c1-18-8-7-15-29-23(18)17-37(34,35)16-20(28)26(33)30-22(14-13-19-9-3-2-4-10-19)25(32)27-31-21-11-5-6-12-24(21)36-27/h2-12,15,20,22,25,32H,13-14,16-17,28H2,1H3,(H,30,33)/t20-,22-,25?/m0/s1. The lowest BCUT2D eigenvalue weighted by atomic mass is 10.0. The zero-order chi connectivity index (χ0) is 26.4. The van der Waals surface area contributed by atoms with Crippen molar-refractivity contribution in [2.24, 2.45) is 5.73 Å². The summed E-state index contributed by atoms with van der Waals surface area (Å²) in [6.45, 7) is 1.77. The normalized spacial score (nSPS) is 14.2. The molecule has 4 N–H and O–H groups in total. The van der Waals surface area contributed by atoms with Crippen molar-refractivity contribution < 1.29 is 22.7 Å². The Bertz CT molecular complexity index is 1420. The summed E-state index contributed by atoms with van der Waals surface area (Å²) in [5.74, 6) is -1.50. The van der Waals surface area contributed by atoms with Crippen molar-refractivity contribution in [3.8, 4) is 0 Å². The van der Waals surface area contributed by atoms with Crippen LogP contribution < -0.4 is 11.1 Å². The largest absolute Gasteiger partial charge is 0.438 e. The summed E-state index contributed by atoms with van der Waals surface area (Å²) in [5.41, 5.74) is 9.29. The SMILES string of the molecule is Cc1cccnc1CS(=O)(=O)C[C@H](N)C(=O)N[C@@H](CCc1ccccc1)C(O)c1nc2ccccc2o1. The smallest absolute Gasteiger partial charge is 0.238 e. The van der Waals surface area contributed by atoms with E-state index in [0.29, 0.717) is 29.6 Å². The first kappa shape index (κ1) is 26.5. The predicted octanol–water partition coefficient (Wildman–Crippen LogP) is 2.62. The van der Waals surface area contributed by atoms with E-state index in [1.54, 1.807) is 37.3 Å². The number of sulfone groups is 1. The second-order valence-corrected chi connectivity index (χ2v) is 11.1. The highest BCUT2D eigenvalue weighted by atomic mass is 32.2. The monoisotopic (exact) mass is 522 g/mol. The van der Waals surface area contributed by atoms with E-state index in [2.05, 4.69) is 15.3 Å². The first-order valence-corrected chi connectivity index (χ1v) is 13.8. The van der Waals surface area contributed by atoms with Gasteiger partial charge in [-0.25, -0.2) is 13.4 Å². The summed E-state index contributed by atoms with van der Waals surface area (Å²) >= 11 is 0. The first-order valence-electron chi connectivity index (χ1n) is 12.0. The lowest BCUT2D eigenvalue weighted by Crippen LogP contribution is -2.50. The lowest BCUT2D eigenvalue weighted by Gasteiger charge is -2.24. The number of aliphatic hydroxyl groups excluding tert-OH is 1. The van der Waals surface area contributed by atoms with Crippen LogP contribution >= 0.6 is 0 Å². The van der Waals surface area contributed by atoms with E-state index in [0.717, 1.165) is 11.1 Å². The maximum Gasteiger partial charge on any atom is 0.238 e. The summed E-state index contributed by atoms with van der Waals surface area (Å²) in [5, 5.41) is 13.8. The number of hydrogen-bond acceptors (Lipinski definition) is 8. The number of nitrogens with zero attached hydrogens (tertiary/aromatic N) is 2. The van der Waals surface area contributed by atoms with Crippen LogP contribution in [0, 0.1) is 6.92 Å². The van der Waals surface area contributed by atoms with Gasteiger partial charge in [-0.2, -0.15) is 0 Å². The van der Waals surface area contributed by atoms with Gasteiger partial charge in [0.05, 0.1) is 29.3 Å². The molecule has 0 radical (unpaired) electrons. The topological polar surface area (TPSA) is 148 Å². The van der Waals surface area contributed by atoms with Crippen LogP contribution in [-0.2, 0) is 26.8 Å². The van der Waals surface area contributed by atoms with Crippen molar-refractivity contribution in [3.05, 3.63) is 95.6 Å². The van der Waals surface area contributed by atoms with Gasteiger partial charge in [0.2, 0.25) is 11.8 Å². The molecule has 10 heteroatoms. The average Bonchev–Trinajstić information content (AvgIpc) is 3.32. The molecule has 0 aliphatic rings. The van der Waals surface area contributed by atoms with Gasteiger partial charge < -0.3 is 20.6 Å². The number of aryl methyl sites for hydroxylation is 2. The third-order valence-corrected chi connectivity index (χ3v) is 7.68. The van der Waals surface area contributed by atoms with Crippen molar-refractivity contribution in [1.29, 1.82) is 0 Å². The molecule has 4 rings (SSSR count). The fourth-order valence-corrected chi connectivity index (χ4v) is 5.58. The molecule has 2 aromatic carbocycles. The van der Waals surface area contributed by atoms with Crippen molar-refractivity contribution in [2.75, 3.05) is 5.75 Å². The van der Waals surface area contributed by atoms with Crippen molar-refractivity contribution >= 4 is 26.8 Å². The molecule has 0 saturated heterocycles. The van der Waals surface area contributed by atoms with Crippen LogP contribution in [0.4, 0.5) is 0 Å². The maximum atomic E-state index is 13.0. The van der Waals surface area contributed by atoms with E-state index in [4.69, 9.17) is 10.2 Å². The van der Waals surface area contributed by atoms with Gasteiger partial charge in [-0.3, -0.25) is 9.78 Å². The maximum absolute atomic E-state index is 13.0. The zero-order valence-electron chi connectivity index (χ0n) is 20.4. The van der Waals surface area contributed by atoms with Gasteiger partial charge in [-0.15, -0.1) is 0 Å². The molecule has 3 atom stereocenters. The Labute approximate surface area is 215 Å². The number of oxazole rings is 1. The molecule has 0 aliphatic heterocycles. The van der Waals surface area contributed by atoms with Gasteiger partial charge in [0.1, 0.15) is 5.52 Å². The molecule has 0 saturated carbocycles. The van der Waals surface area contributed by atoms with Crippen molar-refractivity contribution in [3.63, 3.8) is 0 Å². The molecule has 2 aromatic heterocycles. The number of nitrogens with one attached hydrogen (secondary N) is 1. The second-order valence-electron chi connectivity index (χ2n) is 9.03. The number of para-hydroxylation sites is 2. The van der Waals surface area contributed by atoms with E-state index >= 15 is 0 Å². The number of rotatable bonds is 11. The number of nitrogens with two attached hydrogens (primary N) is 1. The second kappa shape index (κ2) is 11.6. The lowest BCUT2D eigenvalue weighted by molar-refractivity contribution is -0.123. The number of fused-ring (bicyclic) bond motifs is 1. The number of carbonyl (C=O) groups excluding carboxylic acids is 1. The summed E-state index contributed by atoms with van der Waals surface area (Å²) in [7, 11) is -3.72. The Hall–Kier alpha value is -3.60. The highest BCUT2D eigenvalue weighted by molar-refractivity contribution is 7.90. The molecule has 194 valence electrons. The zero-order valence-corrected chi connectivity index (χ0v) is 21.3. The molecule has 1 unspecified atom stereocenters. The molecule has 0 fully saturated rings. The molecule has 37 heavy (non-hydrogen) atoms. The molecule has 9 nitrogen and oxygen atoms in total. The number of hydrogen-bond donors (Lipinski definition) is 3. The van der Waals surface area contributed by atoms with Crippen LogP contribution in [-0.4, -0.2) is 47.2 Å². The van der Waals surface area contributed by atoms with Crippen LogP contribution in [0.3, 0.4) is 0 Å². The van der Waals surface area contributed by atoms with E-state index in [-0.39, 0.29) is 11.6 Å². The van der Waals surface area contributed by atoms with Gasteiger partial charge in [0.25, 0.3) is 0 Å². The number of aliphatic hydroxyl groups is 1. The minimum atomic E-state index is -3.72. The van der Waals surface area contributed by atoms with Gasteiger partial charge >= 0.3 is 0 Å². The Morgan fingerprint density at radius 1 is 1.08 bits per heavy atom. The van der Waals surface area contributed by atoms with E-state index in [9.17, 15) is 18.3 Å². The minimum absolute atomic E-state index is 0.0615. The van der Waals surface area contributed by atoms with E-state index < -0.39 is 39.7 Å².